The Morgan fingerprint density at radius 2 is 2.04 bits per heavy atom. The maximum atomic E-state index is 12.1. The third-order valence-corrected chi connectivity index (χ3v) is 6.32. The molecule has 6 heteroatoms. The third kappa shape index (κ3) is 2.56. The lowest BCUT2D eigenvalue weighted by atomic mass is 10.1. The van der Waals surface area contributed by atoms with E-state index in [1.165, 1.54) is 29.6 Å². The van der Waals surface area contributed by atoms with Crippen molar-refractivity contribution in [3.63, 3.8) is 0 Å². The number of esters is 1. The monoisotopic (exact) mass is 367 g/mol. The summed E-state index contributed by atoms with van der Waals surface area (Å²) in [5.74, 6) is 1.28. The molecule has 134 valence electrons. The van der Waals surface area contributed by atoms with Gasteiger partial charge in [-0.05, 0) is 43.4 Å². The highest BCUT2D eigenvalue weighted by Gasteiger charge is 2.29. The first-order valence-electron chi connectivity index (χ1n) is 8.68. The molecule has 0 saturated carbocycles. The summed E-state index contributed by atoms with van der Waals surface area (Å²) in [5.41, 5.74) is 3.66. The smallest absolute Gasteiger partial charge is 0.348 e. The Balaban J connectivity index is 1.86. The van der Waals surface area contributed by atoms with Crippen molar-refractivity contribution in [3.05, 3.63) is 51.7 Å². The summed E-state index contributed by atoms with van der Waals surface area (Å²) >= 11 is 1.38. The molecule has 26 heavy (non-hydrogen) atoms. The van der Waals surface area contributed by atoms with Crippen LogP contribution in [-0.2, 0) is 11.2 Å². The molecule has 0 fully saturated rings. The van der Waals surface area contributed by atoms with E-state index < -0.39 is 0 Å². The van der Waals surface area contributed by atoms with Crippen LogP contribution in [0, 0.1) is 13.8 Å². The normalized spacial score (nSPS) is 15.9. The van der Waals surface area contributed by atoms with E-state index in [4.69, 9.17) is 9.72 Å². The molecule has 3 aromatic rings. The maximum Gasteiger partial charge on any atom is 0.348 e. The first kappa shape index (κ1) is 17.0. The van der Waals surface area contributed by atoms with Gasteiger partial charge in [0.25, 0.3) is 0 Å². The fourth-order valence-corrected chi connectivity index (χ4v) is 4.99. The Bertz CT molecular complexity index is 1010. The fraction of sp³-hybridized carbons (Fsp3) is 0.350. The number of carbonyl (C=O) groups excluding carboxylic acids is 1. The minimum atomic E-state index is -0.317. The molecule has 0 radical (unpaired) electrons. The molecule has 2 heterocycles. The van der Waals surface area contributed by atoms with Crippen molar-refractivity contribution in [2.24, 2.45) is 0 Å². The van der Waals surface area contributed by atoms with Gasteiger partial charge in [0.1, 0.15) is 21.3 Å². The Labute approximate surface area is 156 Å². The Hall–Kier alpha value is -2.47. The van der Waals surface area contributed by atoms with Gasteiger partial charge < -0.3 is 9.64 Å². The average Bonchev–Trinajstić information content (AvgIpc) is 3.21. The Morgan fingerprint density at radius 3 is 2.81 bits per heavy atom. The van der Waals surface area contributed by atoms with E-state index in [0.29, 0.717) is 10.7 Å². The molecule has 0 N–H and O–H groups in total. The zero-order valence-electron chi connectivity index (χ0n) is 15.4. The van der Waals surface area contributed by atoms with Gasteiger partial charge in [0.15, 0.2) is 0 Å². The van der Waals surface area contributed by atoms with Gasteiger partial charge >= 0.3 is 5.97 Å². The van der Waals surface area contributed by atoms with Crippen LogP contribution in [0.3, 0.4) is 0 Å². The molecule has 1 aliphatic rings. The van der Waals surface area contributed by atoms with Gasteiger partial charge in [0, 0.05) is 7.05 Å². The zero-order valence-corrected chi connectivity index (χ0v) is 16.2. The quantitative estimate of drug-likeness (QED) is 0.649. The largest absolute Gasteiger partial charge is 0.465 e. The molecule has 1 atom stereocenters. The van der Waals surface area contributed by atoms with E-state index in [1.54, 1.807) is 0 Å². The summed E-state index contributed by atoms with van der Waals surface area (Å²) in [7, 11) is 3.49. The van der Waals surface area contributed by atoms with E-state index in [1.807, 2.05) is 13.8 Å². The van der Waals surface area contributed by atoms with Crippen molar-refractivity contribution in [2.75, 3.05) is 19.1 Å². The number of benzene rings is 1. The van der Waals surface area contributed by atoms with Crippen LogP contribution in [0.5, 0.6) is 0 Å². The van der Waals surface area contributed by atoms with Gasteiger partial charge in [0.2, 0.25) is 0 Å². The lowest BCUT2D eigenvalue weighted by Crippen LogP contribution is -2.24. The van der Waals surface area contributed by atoms with Gasteiger partial charge in [0.05, 0.1) is 18.5 Å². The third-order valence-electron chi connectivity index (χ3n) is 5.16. The predicted octanol–water partition coefficient (Wildman–Crippen LogP) is 4.22. The summed E-state index contributed by atoms with van der Waals surface area (Å²) in [6.45, 7) is 3.84. The molecule has 5 nitrogen and oxygen atoms in total. The highest BCUT2D eigenvalue weighted by molar-refractivity contribution is 7.20. The average molecular weight is 367 g/mol. The van der Waals surface area contributed by atoms with Gasteiger partial charge in [-0.25, -0.2) is 14.8 Å². The van der Waals surface area contributed by atoms with Gasteiger partial charge in [-0.2, -0.15) is 0 Å². The van der Waals surface area contributed by atoms with Gasteiger partial charge in [-0.15, -0.1) is 11.3 Å². The van der Waals surface area contributed by atoms with E-state index in [0.717, 1.165) is 34.4 Å². The van der Waals surface area contributed by atoms with Crippen LogP contribution in [0.25, 0.3) is 10.2 Å². The molecular weight excluding hydrogens is 346 g/mol. The number of carbonyl (C=O) groups is 1. The van der Waals surface area contributed by atoms with E-state index in [9.17, 15) is 4.79 Å². The summed E-state index contributed by atoms with van der Waals surface area (Å²) in [4.78, 5) is 25.1. The number of aryl methyl sites for hydroxylation is 3. The molecule has 1 aromatic carbocycles. The number of methoxy groups -OCH3 is 1. The van der Waals surface area contributed by atoms with Gasteiger partial charge in [-0.3, -0.25) is 0 Å². The van der Waals surface area contributed by atoms with E-state index in [2.05, 4.69) is 41.2 Å². The highest BCUT2D eigenvalue weighted by atomic mass is 32.1. The minimum absolute atomic E-state index is 0.282. The number of rotatable bonds is 3. The molecule has 0 spiro atoms. The first-order valence-corrected chi connectivity index (χ1v) is 9.49. The lowest BCUT2D eigenvalue weighted by molar-refractivity contribution is 0.0605. The lowest BCUT2D eigenvalue weighted by Gasteiger charge is -2.27. The van der Waals surface area contributed by atoms with E-state index in [-0.39, 0.29) is 12.0 Å². The van der Waals surface area contributed by atoms with Gasteiger partial charge in [-0.1, -0.05) is 24.3 Å². The number of hydrogen-bond acceptors (Lipinski definition) is 6. The second-order valence-electron chi connectivity index (χ2n) is 6.69. The van der Waals surface area contributed by atoms with Crippen molar-refractivity contribution in [1.82, 2.24) is 9.97 Å². The SMILES string of the molecule is COC(=O)c1sc2nc(C)nc(N(C)C3CCc4ccccc43)c2c1C. The number of fused-ring (bicyclic) bond motifs is 2. The molecule has 2 aromatic heterocycles. The molecule has 4 rings (SSSR count). The first-order chi connectivity index (χ1) is 12.5. The predicted molar refractivity (Wildman–Crippen MR) is 104 cm³/mol. The topological polar surface area (TPSA) is 55.3 Å². The van der Waals surface area contributed by atoms with Crippen LogP contribution >= 0.6 is 11.3 Å². The molecule has 0 saturated heterocycles. The summed E-state index contributed by atoms with van der Waals surface area (Å²) in [5, 5.41) is 0.952. The molecule has 0 amide bonds. The molecule has 0 bridgehead atoms. The molecule has 1 unspecified atom stereocenters. The Kier molecular flexibility index (Phi) is 4.15. The number of ether oxygens (including phenoxy) is 1. The number of nitrogens with zero attached hydrogens (tertiary/aromatic N) is 3. The van der Waals surface area contributed by atoms with Crippen molar-refractivity contribution < 1.29 is 9.53 Å². The number of anilines is 1. The van der Waals surface area contributed by atoms with Crippen LogP contribution in [0.1, 0.15) is 44.6 Å². The second kappa shape index (κ2) is 6.36. The van der Waals surface area contributed by atoms with Crippen LogP contribution in [0.4, 0.5) is 5.82 Å². The summed E-state index contributed by atoms with van der Waals surface area (Å²) < 4.78 is 4.93. The van der Waals surface area contributed by atoms with Crippen LogP contribution in [-0.4, -0.2) is 30.1 Å². The summed E-state index contributed by atoms with van der Waals surface area (Å²) in [6.07, 6.45) is 2.14. The summed E-state index contributed by atoms with van der Waals surface area (Å²) in [6, 6.07) is 8.88. The molecule has 1 aliphatic carbocycles. The van der Waals surface area contributed by atoms with Crippen LogP contribution < -0.4 is 4.90 Å². The highest BCUT2D eigenvalue weighted by Crippen LogP contribution is 2.41. The van der Waals surface area contributed by atoms with E-state index >= 15 is 0 Å². The second-order valence-corrected chi connectivity index (χ2v) is 7.69. The van der Waals surface area contributed by atoms with Crippen molar-refractivity contribution in [3.8, 4) is 0 Å². The Morgan fingerprint density at radius 1 is 1.27 bits per heavy atom. The minimum Gasteiger partial charge on any atom is -0.465 e. The zero-order chi connectivity index (χ0) is 18.4. The number of hydrogen-bond donors (Lipinski definition) is 0. The standard InChI is InChI=1S/C20H21N3O2S/c1-11-16-18(21-12(2)22-19(16)26-17(11)20(24)25-4)23(3)15-10-9-13-7-5-6-8-14(13)15/h5-8,15H,9-10H2,1-4H3. The molecular formula is C20H21N3O2S. The maximum absolute atomic E-state index is 12.1. The fourth-order valence-electron chi connectivity index (χ4n) is 3.85. The number of thiophene rings is 1. The van der Waals surface area contributed by atoms with Crippen molar-refractivity contribution in [1.29, 1.82) is 0 Å². The van der Waals surface area contributed by atoms with Crippen molar-refractivity contribution >= 4 is 33.3 Å². The molecule has 0 aliphatic heterocycles. The van der Waals surface area contributed by atoms with Crippen molar-refractivity contribution in [2.45, 2.75) is 32.7 Å². The van der Waals surface area contributed by atoms with Crippen LogP contribution in [0.15, 0.2) is 24.3 Å². The number of aromatic nitrogens is 2. The van der Waals surface area contributed by atoms with Crippen LogP contribution in [0.2, 0.25) is 0 Å².